The Bertz CT molecular complexity index is 588. The zero-order chi connectivity index (χ0) is 17.6. The highest BCUT2D eigenvalue weighted by Crippen LogP contribution is 2.13. The molecular weight excluding hydrogens is 302 g/mol. The van der Waals surface area contributed by atoms with Gasteiger partial charge in [-0.2, -0.15) is 0 Å². The number of hydrogen-bond donors (Lipinski definition) is 4. The predicted octanol–water partition coefficient (Wildman–Crippen LogP) is -0.849. The van der Waals surface area contributed by atoms with Crippen molar-refractivity contribution in [2.45, 2.75) is 26.0 Å². The van der Waals surface area contributed by atoms with Crippen LogP contribution in [0.15, 0.2) is 24.3 Å². The minimum Gasteiger partial charge on any atom is -0.490 e. The topological polar surface area (TPSA) is 145 Å². The average molecular weight is 323 g/mol. The highest BCUT2D eigenvalue weighted by molar-refractivity contribution is 5.99. The van der Waals surface area contributed by atoms with E-state index in [1.54, 1.807) is 19.9 Å². The predicted molar refractivity (Wildman–Crippen MR) is 82.4 cm³/mol. The lowest BCUT2D eigenvalue weighted by atomic mass is 10.1. The van der Waals surface area contributed by atoms with Gasteiger partial charge in [-0.1, -0.05) is 19.9 Å². The number of amides is 3. The Hall–Kier alpha value is -2.45. The Balaban J connectivity index is 2.54. The molecule has 1 aromatic carbocycles. The normalized spacial score (nSPS) is 13.3. The van der Waals surface area contributed by atoms with Crippen molar-refractivity contribution in [2.75, 3.05) is 6.61 Å². The summed E-state index contributed by atoms with van der Waals surface area (Å²) in [7, 11) is 0. The molecule has 23 heavy (non-hydrogen) atoms. The number of primary amides is 1. The number of aliphatic hydroxyl groups excluding tert-OH is 1. The van der Waals surface area contributed by atoms with Crippen LogP contribution in [0.4, 0.5) is 0 Å². The molecule has 1 aromatic rings. The number of nitrogens with two attached hydrogens (primary N) is 2. The Kier molecular flexibility index (Phi) is 6.67. The lowest BCUT2D eigenvalue weighted by molar-refractivity contribution is -0.137. The quantitative estimate of drug-likeness (QED) is 0.514. The summed E-state index contributed by atoms with van der Waals surface area (Å²) < 4.78 is 5.21. The van der Waals surface area contributed by atoms with Crippen molar-refractivity contribution < 1.29 is 24.2 Å². The zero-order valence-electron chi connectivity index (χ0n) is 13.0. The number of nitrogens with one attached hydrogen (secondary N) is 1. The van der Waals surface area contributed by atoms with Gasteiger partial charge in [-0.15, -0.1) is 0 Å². The zero-order valence-corrected chi connectivity index (χ0v) is 13.0. The molecule has 0 radical (unpaired) electrons. The fourth-order valence-corrected chi connectivity index (χ4v) is 1.58. The molecule has 3 amide bonds. The van der Waals surface area contributed by atoms with Gasteiger partial charge in [-0.05, 0) is 24.1 Å². The summed E-state index contributed by atoms with van der Waals surface area (Å²) in [6.45, 7) is 3.08. The first-order valence-corrected chi connectivity index (χ1v) is 7.03. The highest BCUT2D eigenvalue weighted by atomic mass is 16.5. The monoisotopic (exact) mass is 323 g/mol. The van der Waals surface area contributed by atoms with Gasteiger partial charge >= 0.3 is 0 Å². The van der Waals surface area contributed by atoms with Crippen LogP contribution < -0.4 is 21.5 Å². The number of imide groups is 1. The third kappa shape index (κ3) is 5.68. The van der Waals surface area contributed by atoms with Crippen LogP contribution in [0, 0.1) is 5.92 Å². The molecule has 126 valence electrons. The maximum absolute atomic E-state index is 11.7. The number of carbonyl (C=O) groups excluding carboxylic acids is 3. The van der Waals surface area contributed by atoms with Crippen LogP contribution in [0.2, 0.25) is 0 Å². The van der Waals surface area contributed by atoms with Crippen molar-refractivity contribution in [1.29, 1.82) is 0 Å². The van der Waals surface area contributed by atoms with Gasteiger partial charge in [0.25, 0.3) is 5.91 Å². The molecule has 0 saturated heterocycles. The van der Waals surface area contributed by atoms with E-state index in [9.17, 15) is 19.5 Å². The smallest absolute Gasteiger partial charge is 0.258 e. The van der Waals surface area contributed by atoms with Gasteiger partial charge in [0.15, 0.2) is 6.10 Å². The van der Waals surface area contributed by atoms with Gasteiger partial charge in [0.2, 0.25) is 11.8 Å². The Morgan fingerprint density at radius 1 is 1.26 bits per heavy atom. The van der Waals surface area contributed by atoms with Crippen LogP contribution in [-0.4, -0.2) is 41.6 Å². The number of ether oxygens (including phenoxy) is 1. The SMILES string of the molecule is CC(C)[C@H](N)C(=O)NC(=O)C(O)COc1cccc(C(N)=O)c1. The van der Waals surface area contributed by atoms with Crippen LogP contribution in [0.3, 0.4) is 0 Å². The first kappa shape index (κ1) is 18.6. The minimum atomic E-state index is -1.56. The van der Waals surface area contributed by atoms with Crippen molar-refractivity contribution in [1.82, 2.24) is 5.32 Å². The van der Waals surface area contributed by atoms with E-state index in [0.29, 0.717) is 0 Å². The summed E-state index contributed by atoms with van der Waals surface area (Å²) >= 11 is 0. The molecule has 6 N–H and O–H groups in total. The molecule has 0 saturated carbocycles. The number of carbonyl (C=O) groups is 3. The van der Waals surface area contributed by atoms with Gasteiger partial charge in [-0.25, -0.2) is 0 Å². The van der Waals surface area contributed by atoms with Crippen molar-refractivity contribution in [3.63, 3.8) is 0 Å². The fraction of sp³-hybridized carbons (Fsp3) is 0.400. The Morgan fingerprint density at radius 2 is 1.91 bits per heavy atom. The standard InChI is InChI=1S/C15H21N3O5/c1-8(2)12(16)15(22)18-14(21)11(19)7-23-10-5-3-4-9(6-10)13(17)20/h3-6,8,11-12,19H,7,16H2,1-2H3,(H2,17,20)(H,18,21,22)/t11?,12-/m0/s1. The summed E-state index contributed by atoms with van der Waals surface area (Å²) in [6.07, 6.45) is -1.56. The van der Waals surface area contributed by atoms with Gasteiger partial charge in [0.05, 0.1) is 6.04 Å². The second-order valence-corrected chi connectivity index (χ2v) is 5.34. The number of rotatable bonds is 7. The lowest BCUT2D eigenvalue weighted by Gasteiger charge is -2.16. The molecule has 0 aliphatic rings. The summed E-state index contributed by atoms with van der Waals surface area (Å²) in [5.74, 6) is -2.08. The van der Waals surface area contributed by atoms with Crippen LogP contribution in [-0.2, 0) is 9.59 Å². The molecule has 1 rings (SSSR count). The van der Waals surface area contributed by atoms with E-state index in [0.717, 1.165) is 0 Å². The van der Waals surface area contributed by atoms with Crippen molar-refractivity contribution in [2.24, 2.45) is 17.4 Å². The number of aliphatic hydroxyl groups is 1. The number of benzene rings is 1. The largest absolute Gasteiger partial charge is 0.490 e. The van der Waals surface area contributed by atoms with Gasteiger partial charge in [0, 0.05) is 5.56 Å². The van der Waals surface area contributed by atoms with E-state index in [-0.39, 0.29) is 17.2 Å². The molecule has 0 fully saturated rings. The molecule has 0 heterocycles. The van der Waals surface area contributed by atoms with Crippen LogP contribution in [0.25, 0.3) is 0 Å². The molecule has 0 aliphatic carbocycles. The van der Waals surface area contributed by atoms with E-state index < -0.39 is 36.5 Å². The Labute approximate surface area is 133 Å². The van der Waals surface area contributed by atoms with Gasteiger partial charge in [0.1, 0.15) is 12.4 Å². The highest BCUT2D eigenvalue weighted by Gasteiger charge is 2.23. The lowest BCUT2D eigenvalue weighted by Crippen LogP contribution is -2.50. The molecule has 2 atom stereocenters. The molecule has 8 nitrogen and oxygen atoms in total. The van der Waals surface area contributed by atoms with Crippen molar-refractivity contribution >= 4 is 17.7 Å². The van der Waals surface area contributed by atoms with E-state index in [4.69, 9.17) is 16.2 Å². The van der Waals surface area contributed by atoms with E-state index in [1.807, 2.05) is 5.32 Å². The maximum Gasteiger partial charge on any atom is 0.258 e. The average Bonchev–Trinajstić information content (AvgIpc) is 2.51. The molecule has 1 unspecified atom stereocenters. The first-order chi connectivity index (χ1) is 10.7. The Morgan fingerprint density at radius 3 is 2.48 bits per heavy atom. The summed E-state index contributed by atoms with van der Waals surface area (Å²) in [5.41, 5.74) is 11.0. The maximum atomic E-state index is 11.7. The first-order valence-electron chi connectivity index (χ1n) is 7.03. The third-order valence-corrected chi connectivity index (χ3v) is 3.10. The van der Waals surface area contributed by atoms with Crippen LogP contribution in [0.5, 0.6) is 5.75 Å². The van der Waals surface area contributed by atoms with Crippen molar-refractivity contribution in [3.05, 3.63) is 29.8 Å². The molecule has 0 aliphatic heterocycles. The number of hydrogen-bond acceptors (Lipinski definition) is 6. The third-order valence-electron chi connectivity index (χ3n) is 3.10. The molecule has 0 spiro atoms. The second kappa shape index (κ2) is 8.25. The summed E-state index contributed by atoms with van der Waals surface area (Å²) in [4.78, 5) is 34.4. The van der Waals surface area contributed by atoms with Gasteiger partial charge in [-0.3, -0.25) is 19.7 Å². The molecule has 8 heteroatoms. The van der Waals surface area contributed by atoms with Crippen molar-refractivity contribution in [3.8, 4) is 5.75 Å². The minimum absolute atomic E-state index is 0.146. The van der Waals surface area contributed by atoms with Crippen LogP contribution >= 0.6 is 0 Å². The molecule has 0 bridgehead atoms. The van der Waals surface area contributed by atoms with E-state index >= 15 is 0 Å². The molecular formula is C15H21N3O5. The van der Waals surface area contributed by atoms with Crippen LogP contribution in [0.1, 0.15) is 24.2 Å². The van der Waals surface area contributed by atoms with E-state index in [2.05, 4.69) is 0 Å². The second-order valence-electron chi connectivity index (χ2n) is 5.34. The van der Waals surface area contributed by atoms with E-state index in [1.165, 1.54) is 18.2 Å². The summed E-state index contributed by atoms with van der Waals surface area (Å²) in [5, 5.41) is 11.7. The fourth-order valence-electron chi connectivity index (χ4n) is 1.58. The molecule has 0 aromatic heterocycles. The summed E-state index contributed by atoms with van der Waals surface area (Å²) in [6, 6.07) is 5.13. The van der Waals surface area contributed by atoms with Gasteiger partial charge < -0.3 is 21.3 Å².